The number of nitrogens with zero attached hydrogens (tertiary/aromatic N) is 2. The second-order valence-electron chi connectivity index (χ2n) is 8.53. The molecule has 2 heterocycles. The van der Waals surface area contributed by atoms with Crippen molar-refractivity contribution >= 4 is 11.8 Å². The van der Waals surface area contributed by atoms with E-state index < -0.39 is 0 Å². The van der Waals surface area contributed by atoms with Crippen LogP contribution < -0.4 is 4.74 Å². The first kappa shape index (κ1) is 20.7. The number of ether oxygens (including phenoxy) is 1. The fourth-order valence-electron chi connectivity index (χ4n) is 4.24. The maximum atomic E-state index is 12.8. The molecule has 0 bridgehead atoms. The summed E-state index contributed by atoms with van der Waals surface area (Å²) >= 11 is 0. The third kappa shape index (κ3) is 5.27. The van der Waals surface area contributed by atoms with Gasteiger partial charge < -0.3 is 14.5 Å². The maximum Gasteiger partial charge on any atom is 0.225 e. The summed E-state index contributed by atoms with van der Waals surface area (Å²) < 4.78 is 5.74. The predicted octanol–water partition coefficient (Wildman–Crippen LogP) is 3.57. The number of hydrogen-bond acceptors (Lipinski definition) is 3. The number of carbonyl (C=O) groups is 2. The number of aryl methyl sites for hydroxylation is 2. The van der Waals surface area contributed by atoms with Crippen LogP contribution in [0.3, 0.4) is 0 Å². The van der Waals surface area contributed by atoms with Crippen molar-refractivity contribution in [3.05, 3.63) is 29.3 Å². The fourth-order valence-corrected chi connectivity index (χ4v) is 4.24. The molecule has 1 atom stereocenters. The Labute approximate surface area is 169 Å². The van der Waals surface area contributed by atoms with E-state index in [-0.39, 0.29) is 11.8 Å². The number of rotatable bonds is 5. The minimum Gasteiger partial charge on any atom is -0.493 e. The molecule has 1 unspecified atom stereocenters. The Bertz CT molecular complexity index is 695. The Kier molecular flexibility index (Phi) is 6.97. The van der Waals surface area contributed by atoms with Gasteiger partial charge in [-0.1, -0.05) is 13.0 Å². The van der Waals surface area contributed by atoms with Crippen LogP contribution in [0.5, 0.6) is 5.75 Å². The van der Waals surface area contributed by atoms with Gasteiger partial charge in [-0.3, -0.25) is 9.59 Å². The van der Waals surface area contributed by atoms with Crippen molar-refractivity contribution in [3.8, 4) is 5.75 Å². The van der Waals surface area contributed by atoms with Gasteiger partial charge in [0.15, 0.2) is 0 Å². The minimum absolute atomic E-state index is 0.0844. The van der Waals surface area contributed by atoms with Crippen molar-refractivity contribution in [2.75, 3.05) is 32.8 Å². The average molecular weight is 387 g/mol. The van der Waals surface area contributed by atoms with Gasteiger partial charge in [0.1, 0.15) is 5.75 Å². The van der Waals surface area contributed by atoms with Crippen LogP contribution in [0.1, 0.15) is 50.2 Å². The summed E-state index contributed by atoms with van der Waals surface area (Å²) in [5.41, 5.74) is 2.43. The summed E-state index contributed by atoms with van der Waals surface area (Å²) in [7, 11) is 0. The molecule has 0 aromatic heterocycles. The highest BCUT2D eigenvalue weighted by Crippen LogP contribution is 2.24. The van der Waals surface area contributed by atoms with Gasteiger partial charge in [-0.15, -0.1) is 0 Å². The van der Waals surface area contributed by atoms with E-state index in [1.807, 2.05) is 28.0 Å². The summed E-state index contributed by atoms with van der Waals surface area (Å²) in [6, 6.07) is 6.00. The largest absolute Gasteiger partial charge is 0.493 e. The molecule has 3 rings (SSSR count). The lowest BCUT2D eigenvalue weighted by Gasteiger charge is -2.37. The molecule has 1 aromatic carbocycles. The number of carbonyl (C=O) groups excluding carboxylic acids is 2. The Morgan fingerprint density at radius 1 is 1.04 bits per heavy atom. The summed E-state index contributed by atoms with van der Waals surface area (Å²) in [5.74, 6) is 1.94. The molecular formula is C23H34N2O3. The van der Waals surface area contributed by atoms with E-state index in [0.717, 1.165) is 38.1 Å². The van der Waals surface area contributed by atoms with Gasteiger partial charge in [0.05, 0.1) is 13.0 Å². The van der Waals surface area contributed by atoms with Crippen molar-refractivity contribution in [1.29, 1.82) is 0 Å². The molecule has 0 saturated carbocycles. The Morgan fingerprint density at radius 2 is 1.79 bits per heavy atom. The summed E-state index contributed by atoms with van der Waals surface area (Å²) in [4.78, 5) is 29.2. The molecule has 2 aliphatic rings. The summed E-state index contributed by atoms with van der Waals surface area (Å²) in [5, 5.41) is 0. The molecule has 2 saturated heterocycles. The van der Waals surface area contributed by atoms with Crippen LogP contribution in [0.4, 0.5) is 0 Å². The van der Waals surface area contributed by atoms with Crippen LogP contribution in [0.2, 0.25) is 0 Å². The Balaban J connectivity index is 1.39. The number of benzene rings is 1. The highest BCUT2D eigenvalue weighted by molar-refractivity contribution is 5.80. The van der Waals surface area contributed by atoms with Crippen molar-refractivity contribution in [2.45, 2.75) is 52.9 Å². The van der Waals surface area contributed by atoms with Gasteiger partial charge in [-0.05, 0) is 68.7 Å². The molecule has 28 heavy (non-hydrogen) atoms. The zero-order valence-electron chi connectivity index (χ0n) is 17.6. The molecule has 2 aliphatic heterocycles. The SMILES string of the molecule is Cc1ccc(OCCC(=O)N2CCC(C(=O)N3CCCC(C)C3)CC2)cc1C. The standard InChI is InChI=1S/C23H34N2O3/c1-17-5-4-11-25(16-17)23(27)20-8-12-24(13-9-20)22(26)10-14-28-21-7-6-18(2)19(3)15-21/h6-7,15,17,20H,4-5,8-14,16H2,1-3H3. The molecule has 5 nitrogen and oxygen atoms in total. The topological polar surface area (TPSA) is 49.9 Å². The zero-order chi connectivity index (χ0) is 20.1. The van der Waals surface area contributed by atoms with Crippen molar-refractivity contribution in [1.82, 2.24) is 9.80 Å². The summed E-state index contributed by atoms with van der Waals surface area (Å²) in [6.07, 6.45) is 4.29. The first-order valence-corrected chi connectivity index (χ1v) is 10.7. The lowest BCUT2D eigenvalue weighted by Crippen LogP contribution is -2.47. The molecule has 2 fully saturated rings. The van der Waals surface area contributed by atoms with Crippen LogP contribution in [0, 0.1) is 25.7 Å². The van der Waals surface area contributed by atoms with Crippen molar-refractivity contribution < 1.29 is 14.3 Å². The van der Waals surface area contributed by atoms with E-state index in [1.54, 1.807) is 0 Å². The third-order valence-corrected chi connectivity index (χ3v) is 6.23. The van der Waals surface area contributed by atoms with E-state index in [9.17, 15) is 9.59 Å². The molecule has 0 radical (unpaired) electrons. The van der Waals surface area contributed by atoms with Crippen molar-refractivity contribution in [3.63, 3.8) is 0 Å². The van der Waals surface area contributed by atoms with Gasteiger partial charge in [-0.2, -0.15) is 0 Å². The Hall–Kier alpha value is -2.04. The second-order valence-corrected chi connectivity index (χ2v) is 8.53. The predicted molar refractivity (Wildman–Crippen MR) is 110 cm³/mol. The van der Waals surface area contributed by atoms with Crippen LogP contribution in [0.25, 0.3) is 0 Å². The Morgan fingerprint density at radius 3 is 2.46 bits per heavy atom. The van der Waals surface area contributed by atoms with E-state index in [0.29, 0.717) is 37.9 Å². The monoisotopic (exact) mass is 386 g/mol. The lowest BCUT2D eigenvalue weighted by molar-refractivity contribution is -0.142. The van der Waals surface area contributed by atoms with Crippen LogP contribution in [-0.4, -0.2) is 54.4 Å². The minimum atomic E-state index is 0.0844. The number of piperidine rings is 2. The molecular weight excluding hydrogens is 352 g/mol. The van der Waals surface area contributed by atoms with Crippen LogP contribution in [-0.2, 0) is 9.59 Å². The second kappa shape index (κ2) is 9.44. The number of likely N-dealkylation sites (tertiary alicyclic amines) is 2. The summed E-state index contributed by atoms with van der Waals surface area (Å²) in [6.45, 7) is 9.91. The zero-order valence-corrected chi connectivity index (χ0v) is 17.6. The molecule has 2 amide bonds. The highest BCUT2D eigenvalue weighted by atomic mass is 16.5. The first-order valence-electron chi connectivity index (χ1n) is 10.7. The molecule has 5 heteroatoms. The van der Waals surface area contributed by atoms with Crippen LogP contribution in [0.15, 0.2) is 18.2 Å². The molecule has 0 aliphatic carbocycles. The number of amides is 2. The van der Waals surface area contributed by atoms with Gasteiger partial charge >= 0.3 is 0 Å². The normalized spacial score (nSPS) is 20.9. The number of hydrogen-bond donors (Lipinski definition) is 0. The lowest BCUT2D eigenvalue weighted by atomic mass is 9.92. The van der Waals surface area contributed by atoms with Gasteiger partial charge in [0.2, 0.25) is 11.8 Å². The van der Waals surface area contributed by atoms with Gasteiger partial charge in [0.25, 0.3) is 0 Å². The quantitative estimate of drug-likeness (QED) is 0.777. The van der Waals surface area contributed by atoms with E-state index >= 15 is 0 Å². The van der Waals surface area contributed by atoms with Crippen LogP contribution >= 0.6 is 0 Å². The fraction of sp³-hybridized carbons (Fsp3) is 0.652. The molecule has 1 aromatic rings. The smallest absolute Gasteiger partial charge is 0.225 e. The van der Waals surface area contributed by atoms with Gasteiger partial charge in [0, 0.05) is 32.1 Å². The van der Waals surface area contributed by atoms with E-state index in [1.165, 1.54) is 17.5 Å². The highest BCUT2D eigenvalue weighted by Gasteiger charge is 2.31. The molecule has 0 N–H and O–H groups in total. The maximum absolute atomic E-state index is 12.8. The van der Waals surface area contributed by atoms with E-state index in [4.69, 9.17) is 4.74 Å². The average Bonchev–Trinajstić information content (AvgIpc) is 2.70. The van der Waals surface area contributed by atoms with E-state index in [2.05, 4.69) is 20.8 Å². The molecule has 0 spiro atoms. The third-order valence-electron chi connectivity index (χ3n) is 6.23. The van der Waals surface area contributed by atoms with Gasteiger partial charge in [-0.25, -0.2) is 0 Å². The molecule has 154 valence electrons. The first-order chi connectivity index (χ1) is 13.4. The van der Waals surface area contributed by atoms with Crippen molar-refractivity contribution in [2.24, 2.45) is 11.8 Å².